The standard InChI is InChI=1S/C13H16F2N2O4/c1-17(7-6-11(18)19)13(20)16-8-9-4-2-3-5-10(9)21-12(14)15/h2-5,12H,6-8H2,1H3,(H,16,20)(H,18,19). The van der Waals surface area contributed by atoms with Crippen LogP contribution >= 0.6 is 0 Å². The van der Waals surface area contributed by atoms with Crippen molar-refractivity contribution in [3.05, 3.63) is 29.8 Å². The van der Waals surface area contributed by atoms with E-state index in [1.807, 2.05) is 0 Å². The van der Waals surface area contributed by atoms with Gasteiger partial charge in [0.05, 0.1) is 6.42 Å². The van der Waals surface area contributed by atoms with Gasteiger partial charge in [-0.1, -0.05) is 18.2 Å². The third kappa shape index (κ3) is 6.07. The number of ether oxygens (including phenoxy) is 1. The molecule has 6 nitrogen and oxygen atoms in total. The predicted molar refractivity (Wildman–Crippen MR) is 70.2 cm³/mol. The van der Waals surface area contributed by atoms with Crippen LogP contribution in [0.25, 0.3) is 0 Å². The molecule has 0 saturated carbocycles. The fourth-order valence-electron chi connectivity index (χ4n) is 1.53. The number of nitrogens with one attached hydrogen (secondary N) is 1. The van der Waals surface area contributed by atoms with E-state index < -0.39 is 18.6 Å². The van der Waals surface area contributed by atoms with Gasteiger partial charge in [-0.2, -0.15) is 8.78 Å². The molecule has 0 aliphatic heterocycles. The lowest BCUT2D eigenvalue weighted by Gasteiger charge is -2.17. The molecule has 0 radical (unpaired) electrons. The first-order valence-corrected chi connectivity index (χ1v) is 6.13. The minimum Gasteiger partial charge on any atom is -0.481 e. The van der Waals surface area contributed by atoms with Gasteiger partial charge in [-0.05, 0) is 6.07 Å². The number of hydrogen-bond donors (Lipinski definition) is 2. The normalized spacial score (nSPS) is 10.3. The number of nitrogens with zero attached hydrogens (tertiary/aromatic N) is 1. The maximum Gasteiger partial charge on any atom is 0.387 e. The van der Waals surface area contributed by atoms with Gasteiger partial charge in [0.1, 0.15) is 5.75 Å². The number of carbonyl (C=O) groups excluding carboxylic acids is 1. The van der Waals surface area contributed by atoms with Crippen LogP contribution in [-0.4, -0.2) is 42.2 Å². The largest absolute Gasteiger partial charge is 0.481 e. The van der Waals surface area contributed by atoms with Crippen LogP contribution in [-0.2, 0) is 11.3 Å². The highest BCUT2D eigenvalue weighted by Gasteiger charge is 2.12. The second kappa shape index (κ2) is 8.03. The van der Waals surface area contributed by atoms with Gasteiger partial charge in [0, 0.05) is 25.7 Å². The SMILES string of the molecule is CN(CCC(=O)O)C(=O)NCc1ccccc1OC(F)F. The van der Waals surface area contributed by atoms with E-state index in [2.05, 4.69) is 10.1 Å². The Hall–Kier alpha value is -2.38. The highest BCUT2D eigenvalue weighted by molar-refractivity contribution is 5.75. The van der Waals surface area contributed by atoms with E-state index in [0.29, 0.717) is 5.56 Å². The van der Waals surface area contributed by atoms with Gasteiger partial charge in [0.15, 0.2) is 0 Å². The van der Waals surface area contributed by atoms with Crippen LogP contribution in [0.4, 0.5) is 13.6 Å². The third-order valence-electron chi connectivity index (χ3n) is 2.63. The first-order valence-electron chi connectivity index (χ1n) is 6.13. The summed E-state index contributed by atoms with van der Waals surface area (Å²) in [7, 11) is 1.44. The summed E-state index contributed by atoms with van der Waals surface area (Å²) in [5, 5.41) is 11.0. The second-order valence-electron chi connectivity index (χ2n) is 4.21. The van der Waals surface area contributed by atoms with E-state index in [4.69, 9.17) is 5.11 Å². The van der Waals surface area contributed by atoms with E-state index in [-0.39, 0.29) is 25.3 Å². The summed E-state index contributed by atoms with van der Waals surface area (Å²) in [6.07, 6.45) is -0.172. The van der Waals surface area contributed by atoms with Crippen LogP contribution in [0.1, 0.15) is 12.0 Å². The molecule has 2 amide bonds. The van der Waals surface area contributed by atoms with Gasteiger partial charge in [0.25, 0.3) is 0 Å². The van der Waals surface area contributed by atoms with Gasteiger partial charge in [-0.25, -0.2) is 4.79 Å². The van der Waals surface area contributed by atoms with Crippen molar-refractivity contribution in [2.45, 2.75) is 19.6 Å². The zero-order valence-electron chi connectivity index (χ0n) is 11.4. The number of carboxylic acid groups (broad SMARTS) is 1. The predicted octanol–water partition coefficient (Wildman–Crippen LogP) is 1.90. The van der Waals surface area contributed by atoms with Crippen molar-refractivity contribution in [2.75, 3.05) is 13.6 Å². The second-order valence-corrected chi connectivity index (χ2v) is 4.21. The minimum atomic E-state index is -2.94. The van der Waals surface area contributed by atoms with Crippen molar-refractivity contribution in [1.82, 2.24) is 10.2 Å². The maximum absolute atomic E-state index is 12.2. The molecule has 0 heterocycles. The molecule has 0 bridgehead atoms. The number of urea groups is 1. The zero-order chi connectivity index (χ0) is 15.8. The Kier molecular flexibility index (Phi) is 6.38. The number of rotatable bonds is 7. The first kappa shape index (κ1) is 16.7. The van der Waals surface area contributed by atoms with E-state index in [1.165, 1.54) is 18.0 Å². The summed E-state index contributed by atoms with van der Waals surface area (Å²) in [4.78, 5) is 23.3. The number of para-hydroxylation sites is 1. The Morgan fingerprint density at radius 2 is 2.05 bits per heavy atom. The highest BCUT2D eigenvalue weighted by Crippen LogP contribution is 2.19. The summed E-state index contributed by atoms with van der Waals surface area (Å²) >= 11 is 0. The van der Waals surface area contributed by atoms with E-state index >= 15 is 0 Å². The van der Waals surface area contributed by atoms with Crippen LogP contribution in [0, 0.1) is 0 Å². The molecule has 0 saturated heterocycles. The Morgan fingerprint density at radius 1 is 1.38 bits per heavy atom. The molecule has 0 aliphatic rings. The monoisotopic (exact) mass is 302 g/mol. The average molecular weight is 302 g/mol. The minimum absolute atomic E-state index is 0.000855. The number of carbonyl (C=O) groups is 2. The first-order chi connectivity index (χ1) is 9.90. The molecule has 21 heavy (non-hydrogen) atoms. The zero-order valence-corrected chi connectivity index (χ0v) is 11.4. The van der Waals surface area contributed by atoms with Crippen LogP contribution in [0.5, 0.6) is 5.75 Å². The Morgan fingerprint density at radius 3 is 2.67 bits per heavy atom. The van der Waals surface area contributed by atoms with Gasteiger partial charge in [-0.15, -0.1) is 0 Å². The fraction of sp³-hybridized carbons (Fsp3) is 0.385. The van der Waals surface area contributed by atoms with Gasteiger partial charge in [-0.3, -0.25) is 4.79 Å². The number of amides is 2. The van der Waals surface area contributed by atoms with Crippen LogP contribution in [0.15, 0.2) is 24.3 Å². The Bertz CT molecular complexity index is 497. The molecule has 2 N–H and O–H groups in total. The number of aliphatic carboxylic acids is 1. The van der Waals surface area contributed by atoms with Gasteiger partial charge < -0.3 is 20.1 Å². The number of benzene rings is 1. The summed E-state index contributed by atoms with van der Waals surface area (Å²) < 4.78 is 28.8. The summed E-state index contributed by atoms with van der Waals surface area (Å²) in [5.41, 5.74) is 0.401. The van der Waals surface area contributed by atoms with Crippen LogP contribution < -0.4 is 10.1 Å². The van der Waals surface area contributed by atoms with Crippen LogP contribution in [0.3, 0.4) is 0 Å². The van der Waals surface area contributed by atoms with Crippen molar-refractivity contribution >= 4 is 12.0 Å². The molecule has 8 heteroatoms. The molecule has 1 aromatic carbocycles. The number of hydrogen-bond acceptors (Lipinski definition) is 3. The smallest absolute Gasteiger partial charge is 0.387 e. The van der Waals surface area contributed by atoms with E-state index in [1.54, 1.807) is 18.2 Å². The van der Waals surface area contributed by atoms with Crippen molar-refractivity contribution in [2.24, 2.45) is 0 Å². The number of carboxylic acids is 1. The molecule has 0 atom stereocenters. The van der Waals surface area contributed by atoms with Crippen molar-refractivity contribution < 1.29 is 28.2 Å². The summed E-state index contributed by atoms with van der Waals surface area (Å²) in [6.45, 7) is -2.89. The lowest BCUT2D eigenvalue weighted by Crippen LogP contribution is -2.38. The molecule has 0 aromatic heterocycles. The molecule has 1 aromatic rings. The van der Waals surface area contributed by atoms with Gasteiger partial charge in [0.2, 0.25) is 0 Å². The third-order valence-corrected chi connectivity index (χ3v) is 2.63. The lowest BCUT2D eigenvalue weighted by atomic mass is 10.2. The molecular weight excluding hydrogens is 286 g/mol. The number of halogens is 2. The number of alkyl halides is 2. The molecule has 1 rings (SSSR count). The molecule has 0 aliphatic carbocycles. The molecule has 0 spiro atoms. The summed E-state index contributed by atoms with van der Waals surface area (Å²) in [6, 6.07) is 5.61. The Labute approximate surface area is 120 Å². The molecule has 0 fully saturated rings. The highest BCUT2D eigenvalue weighted by atomic mass is 19.3. The van der Waals surface area contributed by atoms with E-state index in [0.717, 1.165) is 0 Å². The molecule has 0 unspecified atom stereocenters. The topological polar surface area (TPSA) is 78.9 Å². The fourth-order valence-corrected chi connectivity index (χ4v) is 1.53. The quantitative estimate of drug-likeness (QED) is 0.806. The Balaban J connectivity index is 2.54. The van der Waals surface area contributed by atoms with Crippen molar-refractivity contribution in [1.29, 1.82) is 0 Å². The van der Waals surface area contributed by atoms with Gasteiger partial charge >= 0.3 is 18.6 Å². The van der Waals surface area contributed by atoms with E-state index in [9.17, 15) is 18.4 Å². The molecule has 116 valence electrons. The van der Waals surface area contributed by atoms with Crippen molar-refractivity contribution in [3.63, 3.8) is 0 Å². The molecular formula is C13H16F2N2O4. The maximum atomic E-state index is 12.2. The summed E-state index contributed by atoms with van der Waals surface area (Å²) in [5.74, 6) is -1.02. The van der Waals surface area contributed by atoms with Crippen molar-refractivity contribution in [3.8, 4) is 5.75 Å². The van der Waals surface area contributed by atoms with Crippen LogP contribution in [0.2, 0.25) is 0 Å². The average Bonchev–Trinajstić information content (AvgIpc) is 2.42. The lowest BCUT2D eigenvalue weighted by molar-refractivity contribution is -0.137.